The third-order valence-corrected chi connectivity index (χ3v) is 2.08. The van der Waals surface area contributed by atoms with Crippen LogP contribution in [0.2, 0.25) is 0 Å². The SMILES string of the molecule is COCc1ccc(-c2cocn2)cc1F. The summed E-state index contributed by atoms with van der Waals surface area (Å²) in [6.45, 7) is 0.269. The summed E-state index contributed by atoms with van der Waals surface area (Å²) in [6, 6.07) is 4.89. The molecular weight excluding hydrogens is 197 g/mol. The average Bonchev–Trinajstić information content (AvgIpc) is 2.74. The summed E-state index contributed by atoms with van der Waals surface area (Å²) in [5, 5.41) is 0. The van der Waals surface area contributed by atoms with Crippen molar-refractivity contribution in [2.45, 2.75) is 6.61 Å². The predicted octanol–water partition coefficient (Wildman–Crippen LogP) is 2.63. The maximum absolute atomic E-state index is 13.5. The van der Waals surface area contributed by atoms with E-state index in [1.165, 1.54) is 25.8 Å². The number of ether oxygens (including phenoxy) is 1. The van der Waals surface area contributed by atoms with Gasteiger partial charge in [-0.3, -0.25) is 0 Å². The third-order valence-electron chi connectivity index (χ3n) is 2.08. The molecule has 0 aliphatic heterocycles. The number of halogens is 1. The van der Waals surface area contributed by atoms with Crippen LogP contribution in [0.5, 0.6) is 0 Å². The summed E-state index contributed by atoms with van der Waals surface area (Å²) < 4.78 is 23.2. The monoisotopic (exact) mass is 207 g/mol. The van der Waals surface area contributed by atoms with Crippen LogP contribution in [0.3, 0.4) is 0 Å². The van der Waals surface area contributed by atoms with E-state index < -0.39 is 0 Å². The summed E-state index contributed by atoms with van der Waals surface area (Å²) in [6.07, 6.45) is 2.79. The van der Waals surface area contributed by atoms with E-state index in [4.69, 9.17) is 9.15 Å². The largest absolute Gasteiger partial charge is 0.451 e. The van der Waals surface area contributed by atoms with Gasteiger partial charge in [0.2, 0.25) is 0 Å². The molecule has 0 spiro atoms. The molecule has 1 heterocycles. The van der Waals surface area contributed by atoms with E-state index in [0.29, 0.717) is 16.8 Å². The number of methoxy groups -OCH3 is 1. The summed E-state index contributed by atoms with van der Waals surface area (Å²) >= 11 is 0. The van der Waals surface area contributed by atoms with Gasteiger partial charge in [-0.2, -0.15) is 0 Å². The Bertz CT molecular complexity index is 440. The first-order valence-corrected chi connectivity index (χ1v) is 4.47. The van der Waals surface area contributed by atoms with Gasteiger partial charge in [-0.25, -0.2) is 9.37 Å². The highest BCUT2D eigenvalue weighted by atomic mass is 19.1. The van der Waals surface area contributed by atoms with E-state index in [-0.39, 0.29) is 12.4 Å². The van der Waals surface area contributed by atoms with Gasteiger partial charge in [0.05, 0.1) is 6.61 Å². The highest BCUT2D eigenvalue weighted by Crippen LogP contribution is 2.20. The first-order valence-electron chi connectivity index (χ1n) is 4.47. The predicted molar refractivity (Wildman–Crippen MR) is 52.6 cm³/mol. The lowest BCUT2D eigenvalue weighted by Crippen LogP contribution is -1.92. The Balaban J connectivity index is 2.33. The van der Waals surface area contributed by atoms with Gasteiger partial charge < -0.3 is 9.15 Å². The number of aromatic nitrogens is 1. The lowest BCUT2D eigenvalue weighted by atomic mass is 10.1. The van der Waals surface area contributed by atoms with E-state index in [0.717, 1.165) is 0 Å². The maximum atomic E-state index is 13.5. The van der Waals surface area contributed by atoms with Crippen molar-refractivity contribution in [3.63, 3.8) is 0 Å². The van der Waals surface area contributed by atoms with Gasteiger partial charge in [0, 0.05) is 18.2 Å². The molecule has 0 amide bonds. The quantitative estimate of drug-likeness (QED) is 0.776. The zero-order chi connectivity index (χ0) is 10.7. The van der Waals surface area contributed by atoms with Crippen molar-refractivity contribution in [3.05, 3.63) is 42.2 Å². The fraction of sp³-hybridized carbons (Fsp3) is 0.182. The van der Waals surface area contributed by atoms with Gasteiger partial charge in [-0.15, -0.1) is 0 Å². The van der Waals surface area contributed by atoms with Crippen LogP contribution in [-0.2, 0) is 11.3 Å². The Morgan fingerprint density at radius 2 is 2.33 bits per heavy atom. The van der Waals surface area contributed by atoms with Crippen LogP contribution >= 0.6 is 0 Å². The molecule has 3 nitrogen and oxygen atoms in total. The van der Waals surface area contributed by atoms with Gasteiger partial charge in [0.1, 0.15) is 17.8 Å². The van der Waals surface area contributed by atoms with Crippen molar-refractivity contribution in [3.8, 4) is 11.3 Å². The summed E-state index contributed by atoms with van der Waals surface area (Å²) in [4.78, 5) is 3.94. The minimum atomic E-state index is -0.294. The second kappa shape index (κ2) is 4.23. The molecule has 0 atom stereocenters. The van der Waals surface area contributed by atoms with Crippen molar-refractivity contribution in [2.75, 3.05) is 7.11 Å². The molecule has 4 heteroatoms. The van der Waals surface area contributed by atoms with Crippen molar-refractivity contribution in [2.24, 2.45) is 0 Å². The van der Waals surface area contributed by atoms with E-state index >= 15 is 0 Å². The molecule has 1 aromatic heterocycles. The number of rotatable bonds is 3. The summed E-state index contributed by atoms with van der Waals surface area (Å²) in [5.74, 6) is -0.294. The molecule has 0 unspecified atom stereocenters. The number of hydrogen-bond acceptors (Lipinski definition) is 3. The summed E-state index contributed by atoms with van der Waals surface area (Å²) in [7, 11) is 1.53. The standard InChI is InChI=1S/C11H10FNO2/c1-14-5-9-3-2-8(4-10(9)12)11-6-15-7-13-11/h2-4,6-7H,5H2,1H3. The molecule has 0 saturated heterocycles. The highest BCUT2D eigenvalue weighted by Gasteiger charge is 2.06. The molecule has 0 N–H and O–H groups in total. The normalized spacial score (nSPS) is 10.5. The van der Waals surface area contributed by atoms with Crippen LogP contribution in [0.15, 0.2) is 35.3 Å². The fourth-order valence-electron chi connectivity index (χ4n) is 1.33. The van der Waals surface area contributed by atoms with Crippen LogP contribution < -0.4 is 0 Å². The Kier molecular flexibility index (Phi) is 2.78. The molecule has 0 saturated carbocycles. The average molecular weight is 207 g/mol. The van der Waals surface area contributed by atoms with Crippen LogP contribution in [0, 0.1) is 5.82 Å². The molecule has 0 bridgehead atoms. The van der Waals surface area contributed by atoms with Crippen molar-refractivity contribution < 1.29 is 13.5 Å². The van der Waals surface area contributed by atoms with Crippen LogP contribution in [0.4, 0.5) is 4.39 Å². The molecule has 78 valence electrons. The van der Waals surface area contributed by atoms with Crippen molar-refractivity contribution in [1.29, 1.82) is 0 Å². The third kappa shape index (κ3) is 2.05. The zero-order valence-electron chi connectivity index (χ0n) is 8.24. The number of benzene rings is 1. The summed E-state index contributed by atoms with van der Waals surface area (Å²) in [5.41, 5.74) is 1.85. The van der Waals surface area contributed by atoms with Crippen LogP contribution in [0.25, 0.3) is 11.3 Å². The first kappa shape index (κ1) is 9.86. The van der Waals surface area contributed by atoms with E-state index in [2.05, 4.69) is 4.98 Å². The van der Waals surface area contributed by atoms with E-state index in [9.17, 15) is 4.39 Å². The lowest BCUT2D eigenvalue weighted by Gasteiger charge is -2.03. The van der Waals surface area contributed by atoms with Crippen LogP contribution in [0.1, 0.15) is 5.56 Å². The second-order valence-electron chi connectivity index (χ2n) is 3.11. The molecule has 1 aromatic carbocycles. The first-order chi connectivity index (χ1) is 7.31. The Morgan fingerprint density at radius 1 is 1.47 bits per heavy atom. The highest BCUT2D eigenvalue weighted by molar-refractivity contribution is 5.58. The molecule has 2 aromatic rings. The Labute approximate surface area is 86.5 Å². The fourth-order valence-corrected chi connectivity index (χ4v) is 1.33. The minimum Gasteiger partial charge on any atom is -0.451 e. The lowest BCUT2D eigenvalue weighted by molar-refractivity contribution is 0.181. The number of nitrogens with zero attached hydrogens (tertiary/aromatic N) is 1. The van der Waals surface area contributed by atoms with Gasteiger partial charge in [0.15, 0.2) is 6.39 Å². The van der Waals surface area contributed by atoms with Gasteiger partial charge in [-0.1, -0.05) is 12.1 Å². The van der Waals surface area contributed by atoms with E-state index in [1.807, 2.05) is 0 Å². The molecule has 0 aliphatic carbocycles. The molecule has 2 rings (SSSR count). The minimum absolute atomic E-state index is 0.269. The molecule has 0 fully saturated rings. The number of oxazole rings is 1. The zero-order valence-corrected chi connectivity index (χ0v) is 8.24. The smallest absolute Gasteiger partial charge is 0.181 e. The van der Waals surface area contributed by atoms with Gasteiger partial charge >= 0.3 is 0 Å². The van der Waals surface area contributed by atoms with Crippen molar-refractivity contribution >= 4 is 0 Å². The number of hydrogen-bond donors (Lipinski definition) is 0. The maximum Gasteiger partial charge on any atom is 0.181 e. The van der Waals surface area contributed by atoms with Crippen molar-refractivity contribution in [1.82, 2.24) is 4.98 Å². The molecule has 0 radical (unpaired) electrons. The van der Waals surface area contributed by atoms with E-state index in [1.54, 1.807) is 12.1 Å². The van der Waals surface area contributed by atoms with Gasteiger partial charge in [-0.05, 0) is 6.07 Å². The Hall–Kier alpha value is -1.68. The molecular formula is C11H10FNO2. The molecule has 0 aliphatic rings. The van der Waals surface area contributed by atoms with Gasteiger partial charge in [0.25, 0.3) is 0 Å². The second-order valence-corrected chi connectivity index (χ2v) is 3.11. The molecule has 15 heavy (non-hydrogen) atoms. The Morgan fingerprint density at radius 3 is 2.93 bits per heavy atom. The topological polar surface area (TPSA) is 35.3 Å². The van der Waals surface area contributed by atoms with Crippen LogP contribution in [-0.4, -0.2) is 12.1 Å².